The summed E-state index contributed by atoms with van der Waals surface area (Å²) in [6.07, 6.45) is 1.86. The van der Waals surface area contributed by atoms with Crippen LogP contribution in [0.5, 0.6) is 0 Å². The fraction of sp³-hybridized carbons (Fsp3) is 0.438. The van der Waals surface area contributed by atoms with Crippen LogP contribution < -0.4 is 9.80 Å². The minimum atomic E-state index is 0.915. The molecule has 3 aromatic rings. The molecule has 114 valence electrons. The Kier molecular flexibility index (Phi) is 3.48. The van der Waals surface area contributed by atoms with Crippen LogP contribution in [0.4, 0.5) is 0 Å². The normalized spacial score (nSPS) is 22.4. The zero-order chi connectivity index (χ0) is 14.9. The summed E-state index contributed by atoms with van der Waals surface area (Å²) in [6.45, 7) is 9.35. The van der Waals surface area contributed by atoms with E-state index in [0.717, 1.165) is 28.9 Å². The molecule has 2 N–H and O–H groups in total. The van der Waals surface area contributed by atoms with Crippen molar-refractivity contribution >= 4 is 16.6 Å². The van der Waals surface area contributed by atoms with Crippen molar-refractivity contribution in [1.82, 2.24) is 19.6 Å². The Hall–Kier alpha value is -2.05. The van der Waals surface area contributed by atoms with E-state index in [1.165, 1.54) is 32.7 Å². The smallest absolute Gasteiger partial charge is 0.193 e. The molecule has 1 fully saturated rings. The molecule has 0 spiro atoms. The van der Waals surface area contributed by atoms with Crippen LogP contribution in [0.15, 0.2) is 30.6 Å². The summed E-state index contributed by atoms with van der Waals surface area (Å²) < 4.78 is 2.05. The average Bonchev–Trinajstić information content (AvgIpc) is 2.99. The molecular formula is C16H22N6+2. The van der Waals surface area contributed by atoms with E-state index in [-0.39, 0.29) is 0 Å². The van der Waals surface area contributed by atoms with Crippen molar-refractivity contribution in [2.75, 3.05) is 32.7 Å². The summed E-state index contributed by atoms with van der Waals surface area (Å²) in [4.78, 5) is 7.84. The number of nitrogens with one attached hydrogen (secondary N) is 2. The lowest BCUT2D eigenvalue weighted by Crippen LogP contribution is -3.27. The molecule has 0 saturated carbocycles. The molecule has 4 rings (SSSR count). The van der Waals surface area contributed by atoms with Gasteiger partial charge in [0.15, 0.2) is 11.5 Å². The minimum Gasteiger partial charge on any atom is -0.326 e. The highest BCUT2D eigenvalue weighted by Crippen LogP contribution is 2.16. The molecule has 1 aromatic carbocycles. The van der Waals surface area contributed by atoms with Crippen molar-refractivity contribution in [2.24, 2.45) is 0 Å². The van der Waals surface area contributed by atoms with Gasteiger partial charge in [0.2, 0.25) is 0 Å². The zero-order valence-electron chi connectivity index (χ0n) is 12.9. The highest BCUT2D eigenvalue weighted by molar-refractivity contribution is 5.90. The molecule has 2 aromatic heterocycles. The third kappa shape index (κ3) is 2.34. The molecule has 0 aliphatic carbocycles. The van der Waals surface area contributed by atoms with Crippen molar-refractivity contribution in [1.29, 1.82) is 0 Å². The monoisotopic (exact) mass is 298 g/mol. The van der Waals surface area contributed by atoms with Crippen molar-refractivity contribution in [3.63, 3.8) is 0 Å². The van der Waals surface area contributed by atoms with E-state index in [2.05, 4.69) is 28.2 Å². The van der Waals surface area contributed by atoms with Crippen molar-refractivity contribution in [3.8, 4) is 0 Å². The van der Waals surface area contributed by atoms with E-state index >= 15 is 0 Å². The highest BCUT2D eigenvalue weighted by atomic mass is 15.3. The third-order valence-corrected chi connectivity index (χ3v) is 4.80. The summed E-state index contributed by atoms with van der Waals surface area (Å²) in [7, 11) is 0. The van der Waals surface area contributed by atoms with Gasteiger partial charge in [-0.2, -0.15) is 0 Å². The molecule has 0 amide bonds. The van der Waals surface area contributed by atoms with Gasteiger partial charge in [0.1, 0.15) is 39.1 Å². The van der Waals surface area contributed by atoms with Crippen LogP contribution in [0, 0.1) is 0 Å². The van der Waals surface area contributed by atoms with E-state index in [1.807, 2.05) is 28.9 Å². The van der Waals surface area contributed by atoms with Crippen LogP contribution >= 0.6 is 0 Å². The molecule has 0 atom stereocenters. The standard InChI is InChI=1S/C16H20N6/c1-2-20-7-9-21(10-8-20)11-15-18-19-16-13-5-3-4-6-14(13)17-12-22(15)16/h3-6,12H,2,7-11H2,1H3/p+2. The molecule has 6 nitrogen and oxygen atoms in total. The van der Waals surface area contributed by atoms with Crippen molar-refractivity contribution in [3.05, 3.63) is 36.4 Å². The maximum Gasteiger partial charge on any atom is 0.193 e. The second-order valence-electron chi connectivity index (χ2n) is 6.10. The second kappa shape index (κ2) is 5.62. The van der Waals surface area contributed by atoms with Gasteiger partial charge in [-0.1, -0.05) is 12.1 Å². The number of piperazine rings is 1. The third-order valence-electron chi connectivity index (χ3n) is 4.80. The first-order chi connectivity index (χ1) is 10.8. The average molecular weight is 298 g/mol. The van der Waals surface area contributed by atoms with Crippen LogP contribution in [0.2, 0.25) is 0 Å². The van der Waals surface area contributed by atoms with E-state index in [1.54, 1.807) is 9.80 Å². The molecule has 0 unspecified atom stereocenters. The van der Waals surface area contributed by atoms with Gasteiger partial charge in [-0.05, 0) is 19.1 Å². The highest BCUT2D eigenvalue weighted by Gasteiger charge is 2.23. The number of likely N-dealkylation sites (N-methyl/N-ethyl adjacent to an activating group) is 1. The summed E-state index contributed by atoms with van der Waals surface area (Å²) in [5.41, 5.74) is 1.89. The summed E-state index contributed by atoms with van der Waals surface area (Å²) in [5, 5.41) is 9.89. The SMILES string of the molecule is CC[NH+]1CC[NH+](Cc2nnc3c4ccccc4ncn23)CC1. The van der Waals surface area contributed by atoms with Gasteiger partial charge in [0, 0.05) is 5.39 Å². The van der Waals surface area contributed by atoms with Crippen LogP contribution in [0.3, 0.4) is 0 Å². The van der Waals surface area contributed by atoms with E-state index in [0.29, 0.717) is 0 Å². The fourth-order valence-electron chi connectivity index (χ4n) is 3.36. The van der Waals surface area contributed by atoms with Gasteiger partial charge in [0.05, 0.1) is 12.1 Å². The van der Waals surface area contributed by atoms with Crippen molar-refractivity contribution in [2.45, 2.75) is 13.5 Å². The predicted molar refractivity (Wildman–Crippen MR) is 83.9 cm³/mol. The van der Waals surface area contributed by atoms with E-state index in [9.17, 15) is 0 Å². The first-order valence-electron chi connectivity index (χ1n) is 8.09. The van der Waals surface area contributed by atoms with Crippen LogP contribution in [-0.4, -0.2) is 52.3 Å². The summed E-state index contributed by atoms with van der Waals surface area (Å²) in [5.74, 6) is 1.02. The molecule has 0 radical (unpaired) electrons. The Labute approximate surface area is 129 Å². The zero-order valence-corrected chi connectivity index (χ0v) is 12.9. The topological polar surface area (TPSA) is 52.0 Å². The molecule has 1 saturated heterocycles. The molecule has 1 aliphatic heterocycles. The predicted octanol–water partition coefficient (Wildman–Crippen LogP) is -1.42. The van der Waals surface area contributed by atoms with Gasteiger partial charge in [0.25, 0.3) is 0 Å². The Morgan fingerprint density at radius 3 is 2.64 bits per heavy atom. The number of hydrogen-bond donors (Lipinski definition) is 2. The fourth-order valence-corrected chi connectivity index (χ4v) is 3.36. The molecular weight excluding hydrogens is 276 g/mol. The number of fused-ring (bicyclic) bond motifs is 3. The minimum absolute atomic E-state index is 0.915. The van der Waals surface area contributed by atoms with Gasteiger partial charge < -0.3 is 9.80 Å². The quantitative estimate of drug-likeness (QED) is 0.624. The van der Waals surface area contributed by atoms with Crippen LogP contribution in [0.1, 0.15) is 12.7 Å². The Balaban J connectivity index is 1.62. The Bertz CT molecular complexity index is 788. The van der Waals surface area contributed by atoms with E-state index in [4.69, 9.17) is 0 Å². The molecule has 1 aliphatic rings. The van der Waals surface area contributed by atoms with E-state index < -0.39 is 0 Å². The molecule has 0 bridgehead atoms. The number of hydrogen-bond acceptors (Lipinski definition) is 3. The maximum atomic E-state index is 4.53. The summed E-state index contributed by atoms with van der Waals surface area (Å²) in [6, 6.07) is 8.10. The maximum absolute atomic E-state index is 4.53. The number of benzene rings is 1. The number of quaternary nitrogens is 2. The van der Waals surface area contributed by atoms with Gasteiger partial charge in [-0.25, -0.2) is 4.98 Å². The Morgan fingerprint density at radius 2 is 1.82 bits per heavy atom. The lowest BCUT2D eigenvalue weighted by Gasteiger charge is -2.28. The first-order valence-corrected chi connectivity index (χ1v) is 8.09. The Morgan fingerprint density at radius 1 is 1.05 bits per heavy atom. The number of aromatic nitrogens is 4. The lowest BCUT2D eigenvalue weighted by molar-refractivity contribution is -1.02. The van der Waals surface area contributed by atoms with Crippen LogP contribution in [0.25, 0.3) is 16.6 Å². The van der Waals surface area contributed by atoms with Crippen molar-refractivity contribution < 1.29 is 9.80 Å². The first kappa shape index (κ1) is 13.6. The largest absolute Gasteiger partial charge is 0.326 e. The number of nitrogens with zero attached hydrogens (tertiary/aromatic N) is 4. The van der Waals surface area contributed by atoms with Crippen LogP contribution in [-0.2, 0) is 6.54 Å². The van der Waals surface area contributed by atoms with Gasteiger partial charge >= 0.3 is 0 Å². The van der Waals surface area contributed by atoms with Gasteiger partial charge in [-0.15, -0.1) is 10.2 Å². The number of para-hydroxylation sites is 1. The molecule has 3 heterocycles. The van der Waals surface area contributed by atoms with Gasteiger partial charge in [-0.3, -0.25) is 4.40 Å². The molecule has 22 heavy (non-hydrogen) atoms. The lowest BCUT2D eigenvalue weighted by atomic mass is 10.2. The second-order valence-corrected chi connectivity index (χ2v) is 6.10. The number of rotatable bonds is 3. The summed E-state index contributed by atoms with van der Waals surface area (Å²) >= 11 is 0. The molecule has 6 heteroatoms.